The van der Waals surface area contributed by atoms with Crippen molar-refractivity contribution in [1.82, 2.24) is 5.32 Å². The molecule has 0 saturated carbocycles. The number of rotatable bonds is 5. The normalized spacial score (nSPS) is 8.67. The summed E-state index contributed by atoms with van der Waals surface area (Å²) in [5.41, 5.74) is 0. The Labute approximate surface area is 57.2 Å². The van der Waals surface area contributed by atoms with Gasteiger partial charge in [0, 0.05) is 0 Å². The van der Waals surface area contributed by atoms with Crippen LogP contribution in [-0.2, 0) is 0 Å². The lowest BCUT2D eigenvalue weighted by atomic mass is 10.2. The molecule has 0 aliphatic rings. The lowest BCUT2D eigenvalue weighted by Crippen LogP contribution is -2.06. The first-order chi connectivity index (χ1) is 3.91. The van der Waals surface area contributed by atoms with E-state index in [9.17, 15) is 0 Å². The van der Waals surface area contributed by atoms with Crippen LogP contribution in [0.15, 0.2) is 0 Å². The Bertz CT molecular complexity index is 33.9. The van der Waals surface area contributed by atoms with Gasteiger partial charge in [-0.25, -0.2) is 0 Å². The van der Waals surface area contributed by atoms with Crippen LogP contribution in [0, 0.1) is 0 Å². The highest BCUT2D eigenvalue weighted by molar-refractivity contribution is 4.41. The summed E-state index contributed by atoms with van der Waals surface area (Å²) in [6, 6.07) is 0. The van der Waals surface area contributed by atoms with E-state index in [1.807, 2.05) is 7.05 Å². The van der Waals surface area contributed by atoms with E-state index in [1.54, 1.807) is 0 Å². The van der Waals surface area contributed by atoms with Gasteiger partial charge in [-0.05, 0) is 20.0 Å². The fourth-order valence-electron chi connectivity index (χ4n) is 0.729. The Hall–Kier alpha value is -0.110. The van der Waals surface area contributed by atoms with E-state index in [0.717, 1.165) is 0 Å². The summed E-state index contributed by atoms with van der Waals surface area (Å²) in [4.78, 5) is 0. The quantitative estimate of drug-likeness (QED) is 0.568. The zero-order valence-corrected chi connectivity index (χ0v) is 6.44. The van der Waals surface area contributed by atoms with Crippen molar-refractivity contribution in [2.24, 2.45) is 0 Å². The Kier molecular flexibility index (Phi) is 14.0. The molecule has 1 nitrogen and oxygen atoms in total. The van der Waals surface area contributed by atoms with Crippen LogP contribution in [0.25, 0.3) is 0 Å². The average molecular weight is 135 g/mol. The van der Waals surface area contributed by atoms with E-state index in [2.05, 4.69) is 12.2 Å². The molecule has 0 amide bonds. The summed E-state index contributed by atoms with van der Waals surface area (Å²) in [6.45, 7) is 3.42. The summed E-state index contributed by atoms with van der Waals surface area (Å²) in [6.07, 6.45) is 5.45. The van der Waals surface area contributed by atoms with Gasteiger partial charge in [0.05, 0.1) is 0 Å². The van der Waals surface area contributed by atoms with Crippen molar-refractivity contribution in [3.63, 3.8) is 0 Å². The molecule has 0 rings (SSSR count). The molecule has 0 radical (unpaired) electrons. The molecule has 9 heavy (non-hydrogen) atoms. The monoisotopic (exact) mass is 135 g/mol. The zero-order chi connectivity index (χ0) is 6.24. The molecule has 0 aliphatic heterocycles. The molecule has 0 saturated heterocycles. The van der Waals surface area contributed by atoms with Crippen molar-refractivity contribution in [3.05, 3.63) is 0 Å². The lowest BCUT2D eigenvalue weighted by Gasteiger charge is -1.95. The Morgan fingerprint density at radius 2 is 1.78 bits per heavy atom. The van der Waals surface area contributed by atoms with Crippen molar-refractivity contribution in [3.8, 4) is 0 Å². The molecule has 0 bridgehead atoms. The van der Waals surface area contributed by atoms with E-state index in [-0.39, 0.29) is 4.70 Å². The highest BCUT2D eigenvalue weighted by atomic mass is 19.0. The molecule has 0 fully saturated rings. The molecule has 0 spiro atoms. The molecular weight excluding hydrogens is 117 g/mol. The van der Waals surface area contributed by atoms with Gasteiger partial charge in [-0.15, -0.1) is 0 Å². The molecule has 0 aromatic rings. The minimum absolute atomic E-state index is 0. The number of hydrogen-bond donors (Lipinski definition) is 1. The standard InChI is InChI=1S/C7H17N.FH/c1-3-4-5-6-7-8-2;/h8H,3-7H2,1-2H3;1H. The summed E-state index contributed by atoms with van der Waals surface area (Å²) >= 11 is 0. The number of halogens is 1. The van der Waals surface area contributed by atoms with Gasteiger partial charge >= 0.3 is 0 Å². The molecular formula is C7H18FN. The van der Waals surface area contributed by atoms with Gasteiger partial charge in [0.1, 0.15) is 0 Å². The highest BCUT2D eigenvalue weighted by Crippen LogP contribution is 1.96. The third kappa shape index (κ3) is 11.4. The molecule has 2 heteroatoms. The third-order valence-corrected chi connectivity index (χ3v) is 1.28. The largest absolute Gasteiger partial charge is 0.320 e. The van der Waals surface area contributed by atoms with Crippen molar-refractivity contribution >= 4 is 0 Å². The highest BCUT2D eigenvalue weighted by Gasteiger charge is 1.82. The maximum Gasteiger partial charge on any atom is -0.00519 e. The average Bonchev–Trinajstić information content (AvgIpc) is 1.81. The van der Waals surface area contributed by atoms with Crippen LogP contribution < -0.4 is 5.32 Å². The lowest BCUT2D eigenvalue weighted by molar-refractivity contribution is 0.634. The zero-order valence-electron chi connectivity index (χ0n) is 6.44. The Morgan fingerprint density at radius 3 is 2.22 bits per heavy atom. The topological polar surface area (TPSA) is 12.0 Å². The predicted molar refractivity (Wildman–Crippen MR) is 40.6 cm³/mol. The Morgan fingerprint density at radius 1 is 1.11 bits per heavy atom. The second-order valence-corrected chi connectivity index (χ2v) is 2.16. The fourth-order valence-corrected chi connectivity index (χ4v) is 0.729. The molecule has 58 valence electrons. The van der Waals surface area contributed by atoms with Crippen LogP contribution in [-0.4, -0.2) is 13.6 Å². The summed E-state index contributed by atoms with van der Waals surface area (Å²) in [5.74, 6) is 0. The maximum absolute atomic E-state index is 3.13. The minimum Gasteiger partial charge on any atom is -0.320 e. The van der Waals surface area contributed by atoms with Gasteiger partial charge in [0.15, 0.2) is 0 Å². The second-order valence-electron chi connectivity index (χ2n) is 2.16. The molecule has 0 aliphatic carbocycles. The van der Waals surface area contributed by atoms with E-state index in [4.69, 9.17) is 0 Å². The maximum atomic E-state index is 3.13. The number of hydrogen-bond acceptors (Lipinski definition) is 1. The third-order valence-electron chi connectivity index (χ3n) is 1.28. The van der Waals surface area contributed by atoms with Crippen LogP contribution in [0.1, 0.15) is 32.6 Å². The van der Waals surface area contributed by atoms with Crippen LogP contribution in [0.5, 0.6) is 0 Å². The molecule has 1 N–H and O–H groups in total. The van der Waals surface area contributed by atoms with E-state index in [0.29, 0.717) is 0 Å². The molecule has 0 unspecified atom stereocenters. The predicted octanol–water partition coefficient (Wildman–Crippen LogP) is 1.94. The second kappa shape index (κ2) is 10.8. The van der Waals surface area contributed by atoms with Crippen molar-refractivity contribution < 1.29 is 4.70 Å². The number of nitrogens with one attached hydrogen (secondary N) is 1. The van der Waals surface area contributed by atoms with Gasteiger partial charge in [-0.1, -0.05) is 26.2 Å². The van der Waals surface area contributed by atoms with Gasteiger partial charge in [0.2, 0.25) is 0 Å². The van der Waals surface area contributed by atoms with Crippen molar-refractivity contribution in [2.45, 2.75) is 32.6 Å². The first-order valence-electron chi connectivity index (χ1n) is 3.56. The van der Waals surface area contributed by atoms with Gasteiger partial charge in [0.25, 0.3) is 0 Å². The Balaban J connectivity index is 0. The van der Waals surface area contributed by atoms with Crippen molar-refractivity contribution in [1.29, 1.82) is 0 Å². The van der Waals surface area contributed by atoms with Crippen molar-refractivity contribution in [2.75, 3.05) is 13.6 Å². The van der Waals surface area contributed by atoms with Gasteiger partial charge < -0.3 is 5.32 Å². The molecule has 0 aromatic carbocycles. The van der Waals surface area contributed by atoms with Crippen LogP contribution in [0.2, 0.25) is 0 Å². The van der Waals surface area contributed by atoms with Crippen LogP contribution in [0.4, 0.5) is 4.70 Å². The first kappa shape index (κ1) is 11.7. The van der Waals surface area contributed by atoms with E-state index >= 15 is 0 Å². The van der Waals surface area contributed by atoms with Crippen LogP contribution >= 0.6 is 0 Å². The summed E-state index contributed by atoms with van der Waals surface area (Å²) < 4.78 is 0. The van der Waals surface area contributed by atoms with Crippen LogP contribution in [0.3, 0.4) is 0 Å². The minimum atomic E-state index is 0. The summed E-state index contributed by atoms with van der Waals surface area (Å²) in [5, 5.41) is 3.13. The SMILES string of the molecule is CCCCCCNC.F. The van der Waals surface area contributed by atoms with Gasteiger partial charge in [-0.2, -0.15) is 0 Å². The van der Waals surface area contributed by atoms with E-state index < -0.39 is 0 Å². The summed E-state index contributed by atoms with van der Waals surface area (Å²) in [7, 11) is 2.01. The first-order valence-corrected chi connectivity index (χ1v) is 3.56. The van der Waals surface area contributed by atoms with Gasteiger partial charge in [-0.3, -0.25) is 4.70 Å². The molecule has 0 aromatic heterocycles. The molecule has 0 atom stereocenters. The number of unbranched alkanes of at least 4 members (excludes halogenated alkanes) is 3. The smallest absolute Gasteiger partial charge is 0.00519 e. The van der Waals surface area contributed by atoms with E-state index in [1.165, 1.54) is 32.2 Å². The fraction of sp³-hybridized carbons (Fsp3) is 1.00. The molecule has 0 heterocycles.